The largest absolute Gasteiger partial charge is 0.494 e. The van der Waals surface area contributed by atoms with Crippen LogP contribution in [0.4, 0.5) is 5.82 Å². The number of nitrogens with one attached hydrogen (secondary N) is 1. The highest BCUT2D eigenvalue weighted by Crippen LogP contribution is 2.27. The molecule has 0 atom stereocenters. The number of nitrogens with zero attached hydrogens (tertiary/aromatic N) is 2. The number of hydrogen-bond acceptors (Lipinski definition) is 6. The van der Waals surface area contributed by atoms with Gasteiger partial charge in [-0.25, -0.2) is 18.4 Å². The zero-order valence-electron chi connectivity index (χ0n) is 15.3. The quantitative estimate of drug-likeness (QED) is 0.666. The Hall–Kier alpha value is -2.87. The molecule has 0 aliphatic carbocycles. The van der Waals surface area contributed by atoms with Crippen LogP contribution >= 0.6 is 0 Å². The Kier molecular flexibility index (Phi) is 5.46. The van der Waals surface area contributed by atoms with Crippen LogP contribution in [0, 0.1) is 0 Å². The van der Waals surface area contributed by atoms with E-state index >= 15 is 0 Å². The van der Waals surface area contributed by atoms with Crippen LogP contribution in [0.1, 0.15) is 20.8 Å². The number of anilines is 1. The second-order valence-electron chi connectivity index (χ2n) is 6.04. The lowest BCUT2D eigenvalue weighted by Crippen LogP contribution is -2.17. The number of benzene rings is 2. The second kappa shape index (κ2) is 7.79. The number of fused-ring (bicyclic) bond motifs is 1. The van der Waals surface area contributed by atoms with E-state index in [2.05, 4.69) is 14.7 Å². The SMILES string of the molecule is CCOc1ccc(S(=O)(=O)Nc2nc3ccccc3nc2OC(C)C)cc1. The van der Waals surface area contributed by atoms with Crippen molar-refractivity contribution in [3.05, 3.63) is 48.5 Å². The molecule has 3 aromatic rings. The van der Waals surface area contributed by atoms with Crippen LogP contribution in [-0.2, 0) is 10.0 Å². The molecule has 7 nitrogen and oxygen atoms in total. The highest BCUT2D eigenvalue weighted by molar-refractivity contribution is 7.92. The van der Waals surface area contributed by atoms with E-state index in [-0.39, 0.29) is 22.7 Å². The molecule has 142 valence electrons. The third kappa shape index (κ3) is 4.46. The molecule has 0 amide bonds. The molecule has 0 saturated heterocycles. The first-order chi connectivity index (χ1) is 12.9. The number of sulfonamides is 1. The number of hydrogen-bond donors (Lipinski definition) is 1. The molecule has 27 heavy (non-hydrogen) atoms. The van der Waals surface area contributed by atoms with E-state index in [4.69, 9.17) is 9.47 Å². The number of para-hydroxylation sites is 2. The van der Waals surface area contributed by atoms with Crippen LogP contribution < -0.4 is 14.2 Å². The summed E-state index contributed by atoms with van der Waals surface area (Å²) in [5.41, 5.74) is 1.19. The second-order valence-corrected chi connectivity index (χ2v) is 7.73. The van der Waals surface area contributed by atoms with Crippen molar-refractivity contribution >= 4 is 26.9 Å². The normalized spacial score (nSPS) is 11.6. The van der Waals surface area contributed by atoms with Gasteiger partial charge in [0.1, 0.15) is 5.75 Å². The van der Waals surface area contributed by atoms with Gasteiger partial charge in [0, 0.05) is 0 Å². The third-order valence-electron chi connectivity index (χ3n) is 3.56. The van der Waals surface area contributed by atoms with Crippen LogP contribution in [0.3, 0.4) is 0 Å². The summed E-state index contributed by atoms with van der Waals surface area (Å²) in [6.07, 6.45) is -0.186. The van der Waals surface area contributed by atoms with Crippen molar-refractivity contribution < 1.29 is 17.9 Å². The van der Waals surface area contributed by atoms with Crippen molar-refractivity contribution in [1.82, 2.24) is 9.97 Å². The standard InChI is InChI=1S/C19H21N3O4S/c1-4-25-14-9-11-15(12-10-14)27(23,24)22-18-19(26-13(2)3)21-17-8-6-5-7-16(17)20-18/h5-13H,4H2,1-3H3,(H,20,22). The predicted molar refractivity (Wildman–Crippen MR) is 104 cm³/mol. The Labute approximate surface area is 158 Å². The summed E-state index contributed by atoms with van der Waals surface area (Å²) in [5.74, 6) is 0.792. The van der Waals surface area contributed by atoms with E-state index in [0.29, 0.717) is 23.4 Å². The summed E-state index contributed by atoms with van der Waals surface area (Å²) in [6.45, 7) is 6.04. The minimum atomic E-state index is -3.86. The van der Waals surface area contributed by atoms with Gasteiger partial charge in [-0.1, -0.05) is 12.1 Å². The first kappa shape index (κ1) is 18.9. The molecular formula is C19H21N3O4S. The Balaban J connectivity index is 1.98. The number of rotatable bonds is 7. The van der Waals surface area contributed by atoms with Gasteiger partial charge in [-0.05, 0) is 57.2 Å². The van der Waals surface area contributed by atoms with E-state index in [1.807, 2.05) is 32.9 Å². The molecule has 0 saturated carbocycles. The van der Waals surface area contributed by atoms with E-state index in [0.717, 1.165) is 0 Å². The summed E-state index contributed by atoms with van der Waals surface area (Å²) in [6, 6.07) is 13.4. The van der Waals surface area contributed by atoms with E-state index in [9.17, 15) is 8.42 Å². The Morgan fingerprint density at radius 1 is 1.00 bits per heavy atom. The fraction of sp³-hybridized carbons (Fsp3) is 0.263. The van der Waals surface area contributed by atoms with Crippen LogP contribution in [0.15, 0.2) is 53.4 Å². The highest BCUT2D eigenvalue weighted by atomic mass is 32.2. The number of aromatic nitrogens is 2. The minimum absolute atomic E-state index is 0.0521. The van der Waals surface area contributed by atoms with Crippen molar-refractivity contribution in [3.8, 4) is 11.6 Å². The predicted octanol–water partition coefficient (Wildman–Crippen LogP) is 3.62. The zero-order valence-corrected chi connectivity index (χ0v) is 16.2. The average molecular weight is 387 g/mol. The van der Waals surface area contributed by atoms with E-state index < -0.39 is 10.0 Å². The molecule has 3 rings (SSSR count). The third-order valence-corrected chi connectivity index (χ3v) is 4.92. The molecule has 1 N–H and O–H groups in total. The van der Waals surface area contributed by atoms with Gasteiger partial charge in [0.05, 0.1) is 28.6 Å². The molecule has 2 aromatic carbocycles. The van der Waals surface area contributed by atoms with Crippen molar-refractivity contribution in [2.45, 2.75) is 31.8 Å². The maximum atomic E-state index is 12.8. The molecule has 0 radical (unpaired) electrons. The van der Waals surface area contributed by atoms with Gasteiger partial charge in [-0.2, -0.15) is 0 Å². The van der Waals surface area contributed by atoms with Crippen molar-refractivity contribution in [2.75, 3.05) is 11.3 Å². The zero-order chi connectivity index (χ0) is 19.4. The van der Waals surface area contributed by atoms with Gasteiger partial charge < -0.3 is 9.47 Å². The van der Waals surface area contributed by atoms with E-state index in [1.165, 1.54) is 12.1 Å². The first-order valence-electron chi connectivity index (χ1n) is 8.58. The van der Waals surface area contributed by atoms with Gasteiger partial charge in [0.15, 0.2) is 0 Å². The highest BCUT2D eigenvalue weighted by Gasteiger charge is 2.20. The smallest absolute Gasteiger partial charge is 0.263 e. The van der Waals surface area contributed by atoms with E-state index in [1.54, 1.807) is 24.3 Å². The van der Waals surface area contributed by atoms with Crippen LogP contribution in [0.5, 0.6) is 11.6 Å². The summed E-state index contributed by atoms with van der Waals surface area (Å²) in [4.78, 5) is 8.88. The van der Waals surface area contributed by atoms with Crippen LogP contribution in [-0.4, -0.2) is 31.1 Å². The van der Waals surface area contributed by atoms with Crippen LogP contribution in [0.2, 0.25) is 0 Å². The molecule has 0 aliphatic heterocycles. The lowest BCUT2D eigenvalue weighted by atomic mass is 10.3. The Morgan fingerprint density at radius 3 is 2.22 bits per heavy atom. The van der Waals surface area contributed by atoms with Crippen molar-refractivity contribution in [3.63, 3.8) is 0 Å². The average Bonchev–Trinajstić information content (AvgIpc) is 2.62. The fourth-order valence-electron chi connectivity index (χ4n) is 2.42. The maximum Gasteiger partial charge on any atom is 0.263 e. The number of ether oxygens (including phenoxy) is 2. The summed E-state index contributed by atoms with van der Waals surface area (Å²) < 4.78 is 39.0. The van der Waals surface area contributed by atoms with Gasteiger partial charge in [-0.3, -0.25) is 4.72 Å². The lowest BCUT2D eigenvalue weighted by Gasteiger charge is -2.15. The molecule has 0 bridgehead atoms. The summed E-state index contributed by atoms with van der Waals surface area (Å²) in [5, 5.41) is 0. The minimum Gasteiger partial charge on any atom is -0.494 e. The Bertz CT molecular complexity index is 1030. The lowest BCUT2D eigenvalue weighted by molar-refractivity contribution is 0.234. The molecule has 1 aromatic heterocycles. The summed E-state index contributed by atoms with van der Waals surface area (Å²) in [7, 11) is -3.86. The molecule has 1 heterocycles. The van der Waals surface area contributed by atoms with Gasteiger partial charge in [-0.15, -0.1) is 0 Å². The van der Waals surface area contributed by atoms with Crippen LogP contribution in [0.25, 0.3) is 11.0 Å². The monoisotopic (exact) mass is 387 g/mol. The van der Waals surface area contributed by atoms with Gasteiger partial charge >= 0.3 is 0 Å². The first-order valence-corrected chi connectivity index (χ1v) is 10.1. The van der Waals surface area contributed by atoms with Crippen molar-refractivity contribution in [1.29, 1.82) is 0 Å². The molecule has 0 spiro atoms. The molecular weight excluding hydrogens is 366 g/mol. The molecule has 0 fully saturated rings. The fourth-order valence-corrected chi connectivity index (χ4v) is 3.42. The molecule has 8 heteroatoms. The molecule has 0 aliphatic rings. The van der Waals surface area contributed by atoms with Gasteiger partial charge in [0.25, 0.3) is 15.9 Å². The summed E-state index contributed by atoms with van der Waals surface area (Å²) >= 11 is 0. The van der Waals surface area contributed by atoms with Gasteiger partial charge in [0.2, 0.25) is 5.82 Å². The van der Waals surface area contributed by atoms with Crippen molar-refractivity contribution in [2.24, 2.45) is 0 Å². The molecule has 0 unspecified atom stereocenters. The maximum absolute atomic E-state index is 12.8. The Morgan fingerprint density at radius 2 is 1.63 bits per heavy atom. The topological polar surface area (TPSA) is 90.4 Å².